The highest BCUT2D eigenvalue weighted by Crippen LogP contribution is 2.11. The van der Waals surface area contributed by atoms with Gasteiger partial charge in [0, 0.05) is 11.3 Å². The number of halogens is 1. The van der Waals surface area contributed by atoms with Crippen LogP contribution in [0.3, 0.4) is 0 Å². The van der Waals surface area contributed by atoms with Crippen molar-refractivity contribution in [3.05, 3.63) is 34.9 Å². The number of anilines is 1. The molecular weight excluding hydrogens is 230 g/mol. The lowest BCUT2D eigenvalue weighted by molar-refractivity contribution is 0.102. The Hall–Kier alpha value is -1.95. The number of aryl methyl sites for hydroxylation is 1. The Morgan fingerprint density at radius 1 is 1.50 bits per heavy atom. The molecule has 0 aliphatic heterocycles. The third-order valence-corrected chi connectivity index (χ3v) is 2.02. The van der Waals surface area contributed by atoms with Crippen LogP contribution in [0.2, 0.25) is 5.15 Å². The number of nitrogens with one attached hydrogen (secondary N) is 2. The fourth-order valence-corrected chi connectivity index (χ4v) is 1.46. The van der Waals surface area contributed by atoms with E-state index >= 15 is 0 Å². The number of rotatable bonds is 2. The molecule has 0 aliphatic rings. The van der Waals surface area contributed by atoms with Crippen molar-refractivity contribution in [2.75, 3.05) is 5.32 Å². The van der Waals surface area contributed by atoms with Crippen LogP contribution in [0.4, 0.5) is 5.95 Å². The number of H-pyrrole nitrogens is 1. The van der Waals surface area contributed by atoms with E-state index in [4.69, 9.17) is 11.6 Å². The molecule has 2 heterocycles. The van der Waals surface area contributed by atoms with Crippen LogP contribution in [0.15, 0.2) is 18.5 Å². The number of carbonyl (C=O) groups excluding carboxylic acids is 1. The van der Waals surface area contributed by atoms with Crippen molar-refractivity contribution in [2.24, 2.45) is 0 Å². The zero-order chi connectivity index (χ0) is 11.5. The number of aromatic amines is 1. The minimum absolute atomic E-state index is 0.280. The smallest absolute Gasteiger partial charge is 0.258 e. The summed E-state index contributed by atoms with van der Waals surface area (Å²) in [5, 5.41) is 8.96. The molecule has 6 nitrogen and oxygen atoms in total. The van der Waals surface area contributed by atoms with Gasteiger partial charge in [-0.2, -0.15) is 10.1 Å². The van der Waals surface area contributed by atoms with Gasteiger partial charge in [-0.05, 0) is 19.1 Å². The molecule has 2 aromatic heterocycles. The molecule has 0 saturated carbocycles. The van der Waals surface area contributed by atoms with Gasteiger partial charge in [0.05, 0.1) is 0 Å². The van der Waals surface area contributed by atoms with Crippen molar-refractivity contribution >= 4 is 23.5 Å². The largest absolute Gasteiger partial charge is 0.291 e. The van der Waals surface area contributed by atoms with E-state index < -0.39 is 0 Å². The molecule has 7 heteroatoms. The van der Waals surface area contributed by atoms with Gasteiger partial charge >= 0.3 is 0 Å². The van der Waals surface area contributed by atoms with Crippen LogP contribution in [0.5, 0.6) is 0 Å². The van der Waals surface area contributed by atoms with Crippen LogP contribution in [0.1, 0.15) is 16.1 Å². The van der Waals surface area contributed by atoms with E-state index in [2.05, 4.69) is 25.5 Å². The van der Waals surface area contributed by atoms with E-state index in [-0.39, 0.29) is 17.0 Å². The Morgan fingerprint density at radius 2 is 2.31 bits per heavy atom. The Morgan fingerprint density at radius 3 is 2.94 bits per heavy atom. The maximum atomic E-state index is 11.7. The number of carbonyl (C=O) groups is 1. The summed E-state index contributed by atoms with van der Waals surface area (Å²) in [6.45, 7) is 1.76. The Labute approximate surface area is 96.1 Å². The SMILES string of the molecule is Cc1cc(C(=O)Nc2ncn[nH]2)cc(Cl)n1. The summed E-state index contributed by atoms with van der Waals surface area (Å²) in [4.78, 5) is 19.5. The minimum atomic E-state index is -0.316. The maximum absolute atomic E-state index is 11.7. The van der Waals surface area contributed by atoms with Gasteiger partial charge < -0.3 is 0 Å². The third-order valence-electron chi connectivity index (χ3n) is 1.83. The first-order chi connectivity index (χ1) is 7.65. The molecule has 1 amide bonds. The molecular formula is C9H8ClN5O. The van der Waals surface area contributed by atoms with Crippen molar-refractivity contribution in [1.29, 1.82) is 0 Å². The first-order valence-electron chi connectivity index (χ1n) is 4.46. The first kappa shape index (κ1) is 10.6. The summed E-state index contributed by atoms with van der Waals surface area (Å²) in [6, 6.07) is 3.12. The van der Waals surface area contributed by atoms with Crippen molar-refractivity contribution in [3.63, 3.8) is 0 Å². The van der Waals surface area contributed by atoms with Crippen LogP contribution >= 0.6 is 11.6 Å². The second kappa shape index (κ2) is 4.28. The summed E-state index contributed by atoms with van der Waals surface area (Å²) in [7, 11) is 0. The predicted octanol–water partition coefficient (Wildman–Crippen LogP) is 1.41. The topological polar surface area (TPSA) is 83.6 Å². The van der Waals surface area contributed by atoms with Gasteiger partial charge in [0.1, 0.15) is 11.5 Å². The molecule has 0 radical (unpaired) electrons. The number of amides is 1. The molecule has 0 aliphatic carbocycles. The lowest BCUT2D eigenvalue weighted by Crippen LogP contribution is -2.13. The monoisotopic (exact) mass is 237 g/mol. The summed E-state index contributed by atoms with van der Waals surface area (Å²) in [5.74, 6) is -0.0280. The molecule has 82 valence electrons. The van der Waals surface area contributed by atoms with Gasteiger partial charge in [-0.1, -0.05) is 11.6 Å². The number of nitrogens with zero attached hydrogens (tertiary/aromatic N) is 3. The molecule has 0 fully saturated rings. The van der Waals surface area contributed by atoms with E-state index in [9.17, 15) is 4.79 Å². The average Bonchev–Trinajstić information content (AvgIpc) is 2.68. The fourth-order valence-electron chi connectivity index (χ4n) is 1.20. The second-order valence-electron chi connectivity index (χ2n) is 3.11. The molecule has 0 aromatic carbocycles. The molecule has 0 bridgehead atoms. The summed E-state index contributed by atoms with van der Waals surface area (Å²) in [6.07, 6.45) is 1.31. The molecule has 16 heavy (non-hydrogen) atoms. The Bertz CT molecular complexity index is 490. The fraction of sp³-hybridized carbons (Fsp3) is 0.111. The van der Waals surface area contributed by atoms with Crippen LogP contribution < -0.4 is 5.32 Å². The van der Waals surface area contributed by atoms with Crippen LogP contribution in [-0.4, -0.2) is 26.1 Å². The molecule has 0 atom stereocenters. The van der Waals surface area contributed by atoms with E-state index in [0.717, 1.165) is 0 Å². The Kier molecular flexibility index (Phi) is 2.82. The van der Waals surface area contributed by atoms with Gasteiger partial charge in [-0.25, -0.2) is 10.1 Å². The lowest BCUT2D eigenvalue weighted by atomic mass is 10.2. The van der Waals surface area contributed by atoms with Crippen molar-refractivity contribution in [2.45, 2.75) is 6.92 Å². The van der Waals surface area contributed by atoms with E-state index in [1.807, 2.05) is 0 Å². The zero-order valence-electron chi connectivity index (χ0n) is 8.36. The maximum Gasteiger partial charge on any atom is 0.258 e. The summed E-state index contributed by atoms with van der Waals surface area (Å²) in [5.41, 5.74) is 1.10. The van der Waals surface area contributed by atoms with Gasteiger partial charge in [0.15, 0.2) is 0 Å². The van der Waals surface area contributed by atoms with E-state index in [1.165, 1.54) is 12.4 Å². The zero-order valence-corrected chi connectivity index (χ0v) is 9.12. The third kappa shape index (κ3) is 2.34. The van der Waals surface area contributed by atoms with Crippen molar-refractivity contribution in [3.8, 4) is 0 Å². The second-order valence-corrected chi connectivity index (χ2v) is 3.50. The number of hydrogen-bond acceptors (Lipinski definition) is 4. The van der Waals surface area contributed by atoms with Gasteiger partial charge in [-0.15, -0.1) is 0 Å². The Balaban J connectivity index is 2.21. The molecule has 0 spiro atoms. The standard InChI is InChI=1S/C9H8ClN5O/c1-5-2-6(3-7(10)13-5)8(16)14-9-11-4-12-15-9/h2-4H,1H3,(H2,11,12,14,15,16). The quantitative estimate of drug-likeness (QED) is 0.774. The summed E-state index contributed by atoms with van der Waals surface area (Å²) >= 11 is 5.75. The van der Waals surface area contributed by atoms with Crippen LogP contribution in [0, 0.1) is 6.92 Å². The molecule has 0 unspecified atom stereocenters. The van der Waals surface area contributed by atoms with E-state index in [1.54, 1.807) is 13.0 Å². The first-order valence-corrected chi connectivity index (χ1v) is 4.84. The van der Waals surface area contributed by atoms with Crippen molar-refractivity contribution in [1.82, 2.24) is 20.2 Å². The number of pyridine rings is 1. The number of hydrogen-bond donors (Lipinski definition) is 2. The minimum Gasteiger partial charge on any atom is -0.291 e. The normalized spacial score (nSPS) is 10.1. The van der Waals surface area contributed by atoms with Crippen LogP contribution in [-0.2, 0) is 0 Å². The predicted molar refractivity (Wildman–Crippen MR) is 58.3 cm³/mol. The molecule has 2 rings (SSSR count). The molecule has 2 N–H and O–H groups in total. The lowest BCUT2D eigenvalue weighted by Gasteiger charge is -2.02. The highest BCUT2D eigenvalue weighted by molar-refractivity contribution is 6.29. The van der Waals surface area contributed by atoms with Crippen molar-refractivity contribution < 1.29 is 4.79 Å². The highest BCUT2D eigenvalue weighted by atomic mass is 35.5. The number of aromatic nitrogens is 4. The molecule has 2 aromatic rings. The van der Waals surface area contributed by atoms with Gasteiger partial charge in [-0.3, -0.25) is 10.1 Å². The van der Waals surface area contributed by atoms with Gasteiger partial charge in [0.25, 0.3) is 5.91 Å². The summed E-state index contributed by atoms with van der Waals surface area (Å²) < 4.78 is 0. The van der Waals surface area contributed by atoms with E-state index in [0.29, 0.717) is 11.3 Å². The van der Waals surface area contributed by atoms with Gasteiger partial charge in [0.2, 0.25) is 5.95 Å². The molecule has 0 saturated heterocycles. The highest BCUT2D eigenvalue weighted by Gasteiger charge is 2.09. The average molecular weight is 238 g/mol. The van der Waals surface area contributed by atoms with Crippen LogP contribution in [0.25, 0.3) is 0 Å².